The Labute approximate surface area is 178 Å². The first kappa shape index (κ1) is 21.8. The van der Waals surface area contributed by atoms with Crippen LogP contribution in [0, 0.1) is 0 Å². The minimum atomic E-state index is -3.49. The maximum absolute atomic E-state index is 12.9. The molecule has 1 heterocycles. The molecule has 0 aromatic heterocycles. The van der Waals surface area contributed by atoms with E-state index in [0.717, 1.165) is 30.5 Å². The normalized spacial score (nSPS) is 15.2. The Hall–Kier alpha value is -1.86. The van der Waals surface area contributed by atoms with Crippen molar-refractivity contribution in [3.8, 4) is 0 Å². The van der Waals surface area contributed by atoms with Crippen molar-refractivity contribution in [2.24, 2.45) is 0 Å². The molecule has 1 aliphatic rings. The fraction of sp³-hybridized carbons (Fsp3) is 0.364. The maximum Gasteiger partial charge on any atom is 0.243 e. The molecule has 0 aliphatic carbocycles. The minimum Gasteiger partial charge on any atom is -0.272 e. The van der Waals surface area contributed by atoms with E-state index in [0.29, 0.717) is 36.0 Å². The average molecular weight is 435 g/mol. The summed E-state index contributed by atoms with van der Waals surface area (Å²) < 4.78 is 27.3. The number of sulfonamides is 1. The van der Waals surface area contributed by atoms with E-state index in [-0.39, 0.29) is 0 Å². The van der Waals surface area contributed by atoms with Crippen LogP contribution in [0.2, 0.25) is 5.02 Å². The number of hydrogen-bond donors (Lipinski definition) is 1. The first-order valence-corrected chi connectivity index (χ1v) is 11.7. The van der Waals surface area contributed by atoms with Crippen LogP contribution >= 0.6 is 11.6 Å². The Bertz CT molecular complexity index is 943. The standard InChI is InChI=1S/C22H27ClN2O3S/c1-2-3-5-18-8-10-22(11-9-18)29(26,27)25-14-12-21(13-15-25)24-28-17-19-6-4-7-20(23)16-19/h4,6-12,16,24H,2-3,5,13-15,17H2,1H3. The lowest BCUT2D eigenvalue weighted by Crippen LogP contribution is -2.36. The van der Waals surface area contributed by atoms with E-state index in [1.165, 1.54) is 9.87 Å². The lowest BCUT2D eigenvalue weighted by Gasteiger charge is -2.26. The second-order valence-electron chi connectivity index (χ2n) is 7.11. The molecule has 0 unspecified atom stereocenters. The lowest BCUT2D eigenvalue weighted by atomic mass is 10.1. The summed E-state index contributed by atoms with van der Waals surface area (Å²) >= 11 is 5.96. The van der Waals surface area contributed by atoms with Gasteiger partial charge in [-0.2, -0.15) is 4.31 Å². The van der Waals surface area contributed by atoms with Crippen LogP contribution in [0.4, 0.5) is 0 Å². The van der Waals surface area contributed by atoms with Gasteiger partial charge in [-0.1, -0.05) is 49.2 Å². The van der Waals surface area contributed by atoms with Crippen LogP contribution in [0.1, 0.15) is 37.3 Å². The SMILES string of the molecule is CCCCc1ccc(S(=O)(=O)N2CC=C(NOCc3cccc(Cl)c3)CC2)cc1. The van der Waals surface area contributed by atoms with E-state index < -0.39 is 10.0 Å². The van der Waals surface area contributed by atoms with Gasteiger partial charge in [0.05, 0.1) is 11.5 Å². The number of hydroxylamine groups is 1. The van der Waals surface area contributed by atoms with Gasteiger partial charge in [0.2, 0.25) is 10.0 Å². The van der Waals surface area contributed by atoms with Crippen LogP contribution < -0.4 is 5.48 Å². The van der Waals surface area contributed by atoms with Gasteiger partial charge in [-0.3, -0.25) is 10.3 Å². The summed E-state index contributed by atoms with van der Waals surface area (Å²) in [4.78, 5) is 5.87. The molecule has 0 radical (unpaired) electrons. The van der Waals surface area contributed by atoms with Crippen molar-refractivity contribution in [2.75, 3.05) is 13.1 Å². The van der Waals surface area contributed by atoms with Crippen molar-refractivity contribution < 1.29 is 13.3 Å². The molecule has 0 spiro atoms. The molecule has 0 amide bonds. The molecular weight excluding hydrogens is 408 g/mol. The predicted molar refractivity (Wildman–Crippen MR) is 116 cm³/mol. The van der Waals surface area contributed by atoms with Crippen LogP contribution in [0.5, 0.6) is 0 Å². The zero-order valence-electron chi connectivity index (χ0n) is 16.6. The van der Waals surface area contributed by atoms with Crippen LogP contribution in [-0.2, 0) is 27.9 Å². The molecular formula is C22H27ClN2O3S. The molecule has 0 bridgehead atoms. The molecule has 1 aliphatic heterocycles. The Morgan fingerprint density at radius 1 is 1.14 bits per heavy atom. The van der Waals surface area contributed by atoms with Crippen molar-refractivity contribution in [3.05, 3.63) is 76.5 Å². The van der Waals surface area contributed by atoms with E-state index >= 15 is 0 Å². The third-order valence-electron chi connectivity index (χ3n) is 4.88. The summed E-state index contributed by atoms with van der Waals surface area (Å²) in [5.74, 6) is 0. The highest BCUT2D eigenvalue weighted by Gasteiger charge is 2.26. The minimum absolute atomic E-state index is 0.322. The first-order valence-electron chi connectivity index (χ1n) is 9.89. The van der Waals surface area contributed by atoms with Crippen LogP contribution in [-0.4, -0.2) is 25.8 Å². The van der Waals surface area contributed by atoms with E-state index in [1.54, 1.807) is 12.1 Å². The summed E-state index contributed by atoms with van der Waals surface area (Å²) in [6.45, 7) is 3.26. The number of nitrogens with one attached hydrogen (secondary N) is 1. The summed E-state index contributed by atoms with van der Waals surface area (Å²) in [6, 6.07) is 14.7. The molecule has 0 fully saturated rings. The van der Waals surface area contributed by atoms with E-state index in [4.69, 9.17) is 16.4 Å². The molecule has 0 saturated heterocycles. The molecule has 3 rings (SSSR count). The first-order chi connectivity index (χ1) is 14.0. The highest BCUT2D eigenvalue weighted by atomic mass is 35.5. The van der Waals surface area contributed by atoms with Crippen molar-refractivity contribution in [3.63, 3.8) is 0 Å². The highest BCUT2D eigenvalue weighted by molar-refractivity contribution is 7.89. The Balaban J connectivity index is 1.53. The van der Waals surface area contributed by atoms with E-state index in [1.807, 2.05) is 42.5 Å². The number of aryl methyl sites for hydroxylation is 1. The number of nitrogens with zero attached hydrogens (tertiary/aromatic N) is 1. The molecule has 29 heavy (non-hydrogen) atoms. The number of benzene rings is 2. The van der Waals surface area contributed by atoms with Crippen LogP contribution in [0.15, 0.2) is 65.2 Å². The molecule has 0 saturated carbocycles. The largest absolute Gasteiger partial charge is 0.272 e. The van der Waals surface area contributed by atoms with Gasteiger partial charge < -0.3 is 0 Å². The topological polar surface area (TPSA) is 58.6 Å². The second-order valence-corrected chi connectivity index (χ2v) is 9.48. The maximum atomic E-state index is 12.9. The number of unbranched alkanes of at least 4 members (excludes halogenated alkanes) is 1. The van der Waals surface area contributed by atoms with Crippen molar-refractivity contribution in [1.82, 2.24) is 9.79 Å². The summed E-state index contributed by atoms with van der Waals surface area (Å²) in [5, 5.41) is 0.669. The molecule has 156 valence electrons. The summed E-state index contributed by atoms with van der Waals surface area (Å²) in [7, 11) is -3.49. The number of rotatable bonds is 9. The van der Waals surface area contributed by atoms with Gasteiger partial charge in [-0.25, -0.2) is 8.42 Å². The fourth-order valence-corrected chi connectivity index (χ4v) is 4.75. The molecule has 0 atom stereocenters. The average Bonchev–Trinajstić information content (AvgIpc) is 2.73. The van der Waals surface area contributed by atoms with Gasteiger partial charge in [-0.15, -0.1) is 0 Å². The summed E-state index contributed by atoms with van der Waals surface area (Å²) in [5.41, 5.74) is 5.95. The second kappa shape index (κ2) is 10.3. The molecule has 7 heteroatoms. The smallest absolute Gasteiger partial charge is 0.243 e. The van der Waals surface area contributed by atoms with Gasteiger partial charge in [0, 0.05) is 30.2 Å². The molecule has 2 aromatic carbocycles. The van der Waals surface area contributed by atoms with E-state index in [2.05, 4.69) is 12.4 Å². The zero-order valence-corrected chi connectivity index (χ0v) is 18.2. The third-order valence-corrected chi connectivity index (χ3v) is 7.00. The molecule has 1 N–H and O–H groups in total. The predicted octanol–water partition coefficient (Wildman–Crippen LogP) is 4.68. The van der Waals surface area contributed by atoms with Gasteiger partial charge in [0.15, 0.2) is 0 Å². The quantitative estimate of drug-likeness (QED) is 0.582. The van der Waals surface area contributed by atoms with Crippen molar-refractivity contribution >= 4 is 21.6 Å². The monoisotopic (exact) mass is 434 g/mol. The van der Waals surface area contributed by atoms with Gasteiger partial charge in [-0.05, 0) is 54.3 Å². The fourth-order valence-electron chi connectivity index (χ4n) is 3.16. The number of hydrogen-bond acceptors (Lipinski definition) is 4. The van der Waals surface area contributed by atoms with Gasteiger partial charge in [0.1, 0.15) is 0 Å². The number of halogens is 1. The Kier molecular flexibility index (Phi) is 7.72. The van der Waals surface area contributed by atoms with Crippen molar-refractivity contribution in [2.45, 2.75) is 44.1 Å². The lowest BCUT2D eigenvalue weighted by molar-refractivity contribution is 0.0453. The van der Waals surface area contributed by atoms with Crippen molar-refractivity contribution in [1.29, 1.82) is 0 Å². The molecule has 5 nitrogen and oxygen atoms in total. The van der Waals surface area contributed by atoms with Gasteiger partial charge >= 0.3 is 0 Å². The van der Waals surface area contributed by atoms with E-state index in [9.17, 15) is 8.42 Å². The Morgan fingerprint density at radius 3 is 2.59 bits per heavy atom. The summed E-state index contributed by atoms with van der Waals surface area (Å²) in [6.07, 6.45) is 5.64. The zero-order chi connectivity index (χ0) is 20.7. The van der Waals surface area contributed by atoms with Gasteiger partial charge in [0.25, 0.3) is 0 Å². The Morgan fingerprint density at radius 2 is 1.93 bits per heavy atom. The highest BCUT2D eigenvalue weighted by Crippen LogP contribution is 2.21. The van der Waals surface area contributed by atoms with Crippen LogP contribution in [0.3, 0.4) is 0 Å². The third kappa shape index (κ3) is 6.06. The van der Waals surface area contributed by atoms with Crippen LogP contribution in [0.25, 0.3) is 0 Å². The molecule has 2 aromatic rings.